The summed E-state index contributed by atoms with van der Waals surface area (Å²) in [6.45, 7) is 5.63. The lowest BCUT2D eigenvalue weighted by Crippen LogP contribution is -2.50. The molecule has 2 fully saturated rings. The van der Waals surface area contributed by atoms with Gasteiger partial charge < -0.3 is 15.4 Å². The molecule has 1 amide bonds. The van der Waals surface area contributed by atoms with Gasteiger partial charge in [-0.1, -0.05) is 19.1 Å². The summed E-state index contributed by atoms with van der Waals surface area (Å²) in [5.41, 5.74) is 0.959. The maximum Gasteiger partial charge on any atom is 0.243 e. The zero-order valence-electron chi connectivity index (χ0n) is 15.8. The molecule has 8 heteroatoms. The van der Waals surface area contributed by atoms with E-state index in [1.165, 1.54) is 4.31 Å². The second-order valence-electron chi connectivity index (χ2n) is 7.30. The fourth-order valence-electron chi connectivity index (χ4n) is 3.48. The van der Waals surface area contributed by atoms with Crippen LogP contribution in [0.1, 0.15) is 25.3 Å². The Bertz CT molecular complexity index is 730. The molecule has 1 aromatic carbocycles. The summed E-state index contributed by atoms with van der Waals surface area (Å²) in [4.78, 5) is 12.5. The number of aryl methyl sites for hydroxylation is 1. The number of nitrogens with zero attached hydrogens (tertiary/aromatic N) is 1. The molecule has 2 atom stereocenters. The zero-order chi connectivity index (χ0) is 19.3. The van der Waals surface area contributed by atoms with Gasteiger partial charge in [0.2, 0.25) is 15.9 Å². The van der Waals surface area contributed by atoms with Crippen molar-refractivity contribution in [2.75, 3.05) is 39.4 Å². The number of ether oxygens (including phenoxy) is 1. The molecular formula is C19H29N3O4S. The molecule has 2 N–H and O–H groups in total. The van der Waals surface area contributed by atoms with E-state index < -0.39 is 10.0 Å². The van der Waals surface area contributed by atoms with Crippen molar-refractivity contribution in [1.29, 1.82) is 0 Å². The van der Waals surface area contributed by atoms with Gasteiger partial charge >= 0.3 is 0 Å². The Morgan fingerprint density at radius 2 is 1.96 bits per heavy atom. The average Bonchev–Trinajstić information content (AvgIpc) is 2.69. The molecule has 0 saturated carbocycles. The van der Waals surface area contributed by atoms with Crippen molar-refractivity contribution in [2.45, 2.75) is 37.1 Å². The molecular weight excluding hydrogens is 366 g/mol. The molecule has 7 nitrogen and oxygen atoms in total. The molecule has 0 radical (unpaired) electrons. The van der Waals surface area contributed by atoms with E-state index >= 15 is 0 Å². The maximum atomic E-state index is 12.6. The lowest BCUT2D eigenvalue weighted by molar-refractivity contribution is -0.122. The largest absolute Gasteiger partial charge is 0.379 e. The first-order chi connectivity index (χ1) is 13.0. The molecule has 0 spiro atoms. The summed E-state index contributed by atoms with van der Waals surface area (Å²) >= 11 is 0. The molecule has 3 rings (SSSR count). The summed E-state index contributed by atoms with van der Waals surface area (Å²) < 4.78 is 31.9. The van der Waals surface area contributed by atoms with Crippen LogP contribution in [0.4, 0.5) is 0 Å². The summed E-state index contributed by atoms with van der Waals surface area (Å²) in [6.07, 6.45) is 2.07. The number of sulfonamides is 1. The lowest BCUT2D eigenvalue weighted by atomic mass is 9.94. The summed E-state index contributed by atoms with van der Waals surface area (Å²) in [5, 5.41) is 6.41. The molecule has 2 aliphatic heterocycles. The highest BCUT2D eigenvalue weighted by atomic mass is 32.2. The van der Waals surface area contributed by atoms with Crippen molar-refractivity contribution < 1.29 is 17.9 Å². The number of morpholine rings is 1. The van der Waals surface area contributed by atoms with E-state index in [0.29, 0.717) is 50.0 Å². The Kier molecular flexibility index (Phi) is 6.86. The van der Waals surface area contributed by atoms with Gasteiger partial charge in [0.25, 0.3) is 0 Å². The van der Waals surface area contributed by atoms with E-state index in [1.54, 1.807) is 24.3 Å². The smallest absolute Gasteiger partial charge is 0.243 e. The van der Waals surface area contributed by atoms with Gasteiger partial charge in [-0.15, -0.1) is 0 Å². The van der Waals surface area contributed by atoms with Gasteiger partial charge in [0, 0.05) is 32.1 Å². The number of amides is 1. The van der Waals surface area contributed by atoms with E-state index in [2.05, 4.69) is 17.6 Å². The Morgan fingerprint density at radius 1 is 1.26 bits per heavy atom. The molecule has 150 valence electrons. The molecule has 0 aromatic heterocycles. The van der Waals surface area contributed by atoms with Gasteiger partial charge in [-0.05, 0) is 43.0 Å². The number of hydrogen-bond acceptors (Lipinski definition) is 5. The molecule has 2 aliphatic rings. The maximum absolute atomic E-state index is 12.6. The molecule has 0 bridgehead atoms. The van der Waals surface area contributed by atoms with Crippen molar-refractivity contribution in [2.24, 2.45) is 5.92 Å². The number of piperidine rings is 1. The molecule has 0 aliphatic carbocycles. The van der Waals surface area contributed by atoms with E-state index in [4.69, 9.17) is 4.74 Å². The van der Waals surface area contributed by atoms with Crippen LogP contribution in [0.2, 0.25) is 0 Å². The highest BCUT2D eigenvalue weighted by Gasteiger charge is 2.26. The molecule has 2 saturated heterocycles. The molecule has 1 aromatic rings. The highest BCUT2D eigenvalue weighted by Crippen LogP contribution is 2.18. The molecule has 27 heavy (non-hydrogen) atoms. The molecule has 2 heterocycles. The van der Waals surface area contributed by atoms with Crippen molar-refractivity contribution in [3.8, 4) is 0 Å². The highest BCUT2D eigenvalue weighted by molar-refractivity contribution is 7.89. The fraction of sp³-hybridized carbons (Fsp3) is 0.632. The Morgan fingerprint density at radius 3 is 2.63 bits per heavy atom. The van der Waals surface area contributed by atoms with Gasteiger partial charge in [0.05, 0.1) is 18.1 Å². The predicted molar refractivity (Wildman–Crippen MR) is 103 cm³/mol. The van der Waals surface area contributed by atoms with Gasteiger partial charge in [-0.25, -0.2) is 8.42 Å². The Hall–Kier alpha value is -1.48. The minimum Gasteiger partial charge on any atom is -0.379 e. The van der Waals surface area contributed by atoms with Gasteiger partial charge in [-0.2, -0.15) is 4.31 Å². The number of rotatable bonds is 6. The number of carbonyl (C=O) groups excluding carboxylic acids is 1. The molecule has 2 unspecified atom stereocenters. The standard InChI is InChI=1S/C19H29N3O4S/c1-15-8-9-20-14-18(15)21-19(23)7-4-16-2-5-17(6-3-16)27(24,25)22-10-12-26-13-11-22/h2-3,5-6,15,18,20H,4,7-14H2,1H3,(H,21,23). The van der Waals surface area contributed by atoms with Crippen LogP contribution in [0, 0.1) is 5.92 Å². The van der Waals surface area contributed by atoms with E-state index in [1.807, 2.05) is 0 Å². The quantitative estimate of drug-likeness (QED) is 0.742. The van der Waals surface area contributed by atoms with Crippen molar-refractivity contribution >= 4 is 15.9 Å². The van der Waals surface area contributed by atoms with Gasteiger partial charge in [-0.3, -0.25) is 4.79 Å². The van der Waals surface area contributed by atoms with E-state index in [0.717, 1.165) is 25.1 Å². The third kappa shape index (κ3) is 5.28. The van der Waals surface area contributed by atoms with Crippen molar-refractivity contribution in [3.63, 3.8) is 0 Å². The average molecular weight is 396 g/mol. The third-order valence-electron chi connectivity index (χ3n) is 5.35. The number of benzene rings is 1. The van der Waals surface area contributed by atoms with Crippen LogP contribution < -0.4 is 10.6 Å². The monoisotopic (exact) mass is 395 g/mol. The summed E-state index contributed by atoms with van der Waals surface area (Å²) in [5.74, 6) is 0.528. The second-order valence-corrected chi connectivity index (χ2v) is 9.24. The first-order valence-corrected chi connectivity index (χ1v) is 11.1. The van der Waals surface area contributed by atoms with E-state index in [-0.39, 0.29) is 11.9 Å². The Labute approximate surface area is 161 Å². The topological polar surface area (TPSA) is 87.7 Å². The Balaban J connectivity index is 1.52. The fourth-order valence-corrected chi connectivity index (χ4v) is 4.89. The number of carbonyl (C=O) groups is 1. The normalized spacial score (nSPS) is 24.5. The van der Waals surface area contributed by atoms with Gasteiger partial charge in [0.1, 0.15) is 0 Å². The van der Waals surface area contributed by atoms with Crippen LogP contribution in [-0.2, 0) is 26.0 Å². The lowest BCUT2D eigenvalue weighted by Gasteiger charge is -2.30. The first kappa shape index (κ1) is 20.3. The van der Waals surface area contributed by atoms with Crippen LogP contribution in [-0.4, -0.2) is 64.1 Å². The SMILES string of the molecule is CC1CCNCC1NC(=O)CCc1ccc(S(=O)(=O)N2CCOCC2)cc1. The first-order valence-electron chi connectivity index (χ1n) is 9.64. The van der Waals surface area contributed by atoms with Crippen LogP contribution in [0.15, 0.2) is 29.2 Å². The number of hydrogen-bond donors (Lipinski definition) is 2. The van der Waals surface area contributed by atoms with Crippen LogP contribution in [0.5, 0.6) is 0 Å². The van der Waals surface area contributed by atoms with Crippen molar-refractivity contribution in [1.82, 2.24) is 14.9 Å². The van der Waals surface area contributed by atoms with E-state index in [9.17, 15) is 13.2 Å². The van der Waals surface area contributed by atoms with Crippen LogP contribution >= 0.6 is 0 Å². The summed E-state index contributed by atoms with van der Waals surface area (Å²) in [6, 6.07) is 7.04. The van der Waals surface area contributed by atoms with Crippen molar-refractivity contribution in [3.05, 3.63) is 29.8 Å². The number of nitrogens with one attached hydrogen (secondary N) is 2. The van der Waals surface area contributed by atoms with Crippen LogP contribution in [0.25, 0.3) is 0 Å². The van der Waals surface area contributed by atoms with Gasteiger partial charge in [0.15, 0.2) is 0 Å². The minimum atomic E-state index is -3.47. The second kappa shape index (κ2) is 9.14. The zero-order valence-corrected chi connectivity index (χ0v) is 16.6. The predicted octanol–water partition coefficient (Wildman–Crippen LogP) is 0.754. The van der Waals surface area contributed by atoms with Crippen LogP contribution in [0.3, 0.4) is 0 Å². The third-order valence-corrected chi connectivity index (χ3v) is 7.26. The summed E-state index contributed by atoms with van der Waals surface area (Å²) in [7, 11) is -3.47. The minimum absolute atomic E-state index is 0.0422.